The largest absolute Gasteiger partial charge is 0.392 e. The molecule has 1 aliphatic carbocycles. The topological polar surface area (TPSA) is 73.9 Å². The van der Waals surface area contributed by atoms with Crippen LogP contribution in [-0.2, 0) is 25.9 Å². The fourth-order valence-corrected chi connectivity index (χ4v) is 5.28. The quantitative estimate of drug-likeness (QED) is 0.617. The maximum atomic E-state index is 14.1. The van der Waals surface area contributed by atoms with Crippen LogP contribution in [0.4, 0.5) is 4.39 Å². The number of aromatic nitrogens is 2. The van der Waals surface area contributed by atoms with Crippen molar-refractivity contribution >= 4 is 15.9 Å². The van der Waals surface area contributed by atoms with Gasteiger partial charge in [-0.1, -0.05) is 28.1 Å². The molecule has 2 N–H and O–H groups in total. The van der Waals surface area contributed by atoms with E-state index < -0.39 is 6.10 Å². The zero-order chi connectivity index (χ0) is 20.8. The molecule has 5 rings (SSSR count). The van der Waals surface area contributed by atoms with Gasteiger partial charge < -0.3 is 10.4 Å². The minimum Gasteiger partial charge on any atom is -0.392 e. The second-order valence-corrected chi connectivity index (χ2v) is 8.76. The number of hydrogen-bond donors (Lipinski definition) is 2. The van der Waals surface area contributed by atoms with Crippen LogP contribution in [0.3, 0.4) is 0 Å². The van der Waals surface area contributed by atoms with E-state index in [2.05, 4.69) is 27.3 Å². The molecule has 30 heavy (non-hydrogen) atoms. The van der Waals surface area contributed by atoms with E-state index in [9.17, 15) is 14.8 Å². The van der Waals surface area contributed by atoms with Gasteiger partial charge in [-0.15, -0.1) is 0 Å². The van der Waals surface area contributed by atoms with E-state index in [0.717, 1.165) is 46.6 Å². The van der Waals surface area contributed by atoms with Gasteiger partial charge in [0.25, 0.3) is 0 Å². The molecule has 0 fully saturated rings. The third-order valence-electron chi connectivity index (χ3n) is 6.11. The molecule has 152 valence electrons. The lowest BCUT2D eigenvalue weighted by molar-refractivity contribution is 0.146. The van der Waals surface area contributed by atoms with Crippen LogP contribution in [0.25, 0.3) is 11.3 Å². The minimum absolute atomic E-state index is 0.218. The number of benzene rings is 2. The van der Waals surface area contributed by atoms with Crippen LogP contribution in [-0.4, -0.2) is 27.5 Å². The standard InChI is InChI=1S/C23H20BrFN4O/c24-20-8-15(25)7-16-17(20)9-22(30)19(16)12-29-21-4-5-27-11-18(21)23(28-29)14-3-1-2-13(6-14)10-26/h1-3,6-8,19,22,27,30H,4-5,9,11-12H2/t19?,22-/m1/s1. The number of aliphatic hydroxyl groups is 1. The van der Waals surface area contributed by atoms with Gasteiger partial charge in [-0.3, -0.25) is 4.68 Å². The lowest BCUT2D eigenvalue weighted by Crippen LogP contribution is -2.27. The minimum atomic E-state index is -0.579. The van der Waals surface area contributed by atoms with E-state index in [1.54, 1.807) is 6.07 Å². The van der Waals surface area contributed by atoms with Crippen LogP contribution in [0.2, 0.25) is 0 Å². The van der Waals surface area contributed by atoms with Gasteiger partial charge in [0.05, 0.1) is 30.0 Å². The zero-order valence-electron chi connectivity index (χ0n) is 16.2. The summed E-state index contributed by atoms with van der Waals surface area (Å²) in [7, 11) is 0. The molecule has 0 spiro atoms. The van der Waals surface area contributed by atoms with Crippen molar-refractivity contribution in [3.8, 4) is 17.3 Å². The first-order chi connectivity index (χ1) is 14.5. The third-order valence-corrected chi connectivity index (χ3v) is 6.82. The van der Waals surface area contributed by atoms with Gasteiger partial charge in [-0.2, -0.15) is 10.4 Å². The van der Waals surface area contributed by atoms with Gasteiger partial charge in [0.15, 0.2) is 0 Å². The summed E-state index contributed by atoms with van der Waals surface area (Å²) in [5, 5.41) is 28.3. The number of nitriles is 1. The van der Waals surface area contributed by atoms with Crippen LogP contribution in [0, 0.1) is 17.1 Å². The van der Waals surface area contributed by atoms with E-state index in [-0.39, 0.29) is 11.7 Å². The SMILES string of the molecule is N#Cc1cccc(-c2nn(CC3c4cc(F)cc(Br)c4C[C@H]3O)c3c2CNCC3)c1. The number of fused-ring (bicyclic) bond motifs is 2. The molecule has 7 heteroatoms. The highest BCUT2D eigenvalue weighted by atomic mass is 79.9. The Morgan fingerprint density at radius 2 is 2.17 bits per heavy atom. The van der Waals surface area contributed by atoms with E-state index in [0.29, 0.717) is 29.5 Å². The average Bonchev–Trinajstić information content (AvgIpc) is 3.27. The lowest BCUT2D eigenvalue weighted by atomic mass is 9.98. The summed E-state index contributed by atoms with van der Waals surface area (Å²) in [6.07, 6.45) is 0.760. The molecule has 1 aromatic heterocycles. The summed E-state index contributed by atoms with van der Waals surface area (Å²) in [5.74, 6) is -0.524. The monoisotopic (exact) mass is 466 g/mol. The van der Waals surface area contributed by atoms with E-state index >= 15 is 0 Å². The number of aliphatic hydroxyl groups excluding tert-OH is 1. The van der Waals surface area contributed by atoms with E-state index in [4.69, 9.17) is 5.10 Å². The molecule has 0 radical (unpaired) electrons. The van der Waals surface area contributed by atoms with Crippen molar-refractivity contribution in [3.05, 3.63) is 74.6 Å². The van der Waals surface area contributed by atoms with Crippen LogP contribution in [0.1, 0.15) is 33.9 Å². The van der Waals surface area contributed by atoms with Crippen molar-refractivity contribution in [2.24, 2.45) is 0 Å². The molecule has 0 saturated heterocycles. The maximum Gasteiger partial charge on any atom is 0.124 e. The summed E-state index contributed by atoms with van der Waals surface area (Å²) in [5.41, 5.74) is 6.46. The van der Waals surface area contributed by atoms with Crippen molar-refractivity contribution < 1.29 is 9.50 Å². The first-order valence-electron chi connectivity index (χ1n) is 10.0. The fourth-order valence-electron chi connectivity index (χ4n) is 4.67. The van der Waals surface area contributed by atoms with Crippen molar-refractivity contribution in [2.45, 2.75) is 38.0 Å². The second kappa shape index (κ2) is 7.62. The van der Waals surface area contributed by atoms with Crippen LogP contribution < -0.4 is 5.32 Å². The molecule has 2 atom stereocenters. The normalized spacial score (nSPS) is 19.9. The van der Waals surface area contributed by atoms with Gasteiger partial charge in [-0.05, 0) is 35.4 Å². The van der Waals surface area contributed by atoms with Gasteiger partial charge in [0.1, 0.15) is 5.82 Å². The fraction of sp³-hybridized carbons (Fsp3) is 0.304. The smallest absolute Gasteiger partial charge is 0.124 e. The molecule has 1 aliphatic heterocycles. The molecular weight excluding hydrogens is 447 g/mol. The number of rotatable bonds is 3. The highest BCUT2D eigenvalue weighted by Gasteiger charge is 2.35. The average molecular weight is 467 g/mol. The van der Waals surface area contributed by atoms with Crippen molar-refractivity contribution in [2.75, 3.05) is 6.54 Å². The second-order valence-electron chi connectivity index (χ2n) is 7.91. The van der Waals surface area contributed by atoms with Crippen LogP contribution in [0.15, 0.2) is 40.9 Å². The summed E-state index contributed by atoms with van der Waals surface area (Å²) >= 11 is 3.44. The summed E-state index contributed by atoms with van der Waals surface area (Å²) in [6.45, 7) is 2.07. The Morgan fingerprint density at radius 3 is 3.00 bits per heavy atom. The molecule has 0 amide bonds. The summed E-state index contributed by atoms with van der Waals surface area (Å²) < 4.78 is 16.8. The van der Waals surface area contributed by atoms with Crippen molar-refractivity contribution in [3.63, 3.8) is 0 Å². The Labute approximate surface area is 182 Å². The lowest BCUT2D eigenvalue weighted by Gasteiger charge is -2.20. The van der Waals surface area contributed by atoms with Crippen molar-refractivity contribution in [1.82, 2.24) is 15.1 Å². The molecule has 3 aromatic rings. The first-order valence-corrected chi connectivity index (χ1v) is 10.8. The Hall–Kier alpha value is -2.53. The number of hydrogen-bond acceptors (Lipinski definition) is 4. The number of halogens is 2. The summed E-state index contributed by atoms with van der Waals surface area (Å²) in [4.78, 5) is 0. The summed E-state index contributed by atoms with van der Waals surface area (Å²) in [6, 6.07) is 12.6. The Morgan fingerprint density at radius 1 is 1.30 bits per heavy atom. The van der Waals surface area contributed by atoms with E-state index in [1.807, 2.05) is 22.9 Å². The molecule has 1 unspecified atom stereocenters. The predicted octanol–water partition coefficient (Wildman–Crippen LogP) is 3.67. The van der Waals surface area contributed by atoms with Crippen LogP contribution in [0.5, 0.6) is 0 Å². The Kier molecular flexibility index (Phi) is 4.94. The van der Waals surface area contributed by atoms with Gasteiger partial charge in [0, 0.05) is 53.1 Å². The van der Waals surface area contributed by atoms with Gasteiger partial charge in [-0.25, -0.2) is 4.39 Å². The molecule has 0 saturated carbocycles. The highest BCUT2D eigenvalue weighted by Crippen LogP contribution is 2.40. The highest BCUT2D eigenvalue weighted by molar-refractivity contribution is 9.10. The third kappa shape index (κ3) is 3.25. The maximum absolute atomic E-state index is 14.1. The predicted molar refractivity (Wildman–Crippen MR) is 114 cm³/mol. The number of nitrogens with one attached hydrogen (secondary N) is 1. The molecule has 2 heterocycles. The molecule has 0 bridgehead atoms. The Bertz CT molecular complexity index is 1180. The van der Waals surface area contributed by atoms with Crippen LogP contribution >= 0.6 is 15.9 Å². The number of nitrogens with zero attached hydrogens (tertiary/aromatic N) is 3. The molecule has 5 nitrogen and oxygen atoms in total. The van der Waals surface area contributed by atoms with Crippen molar-refractivity contribution in [1.29, 1.82) is 5.26 Å². The van der Waals surface area contributed by atoms with Gasteiger partial charge in [0.2, 0.25) is 0 Å². The molecule has 2 aliphatic rings. The Balaban J connectivity index is 1.57. The molecule has 2 aromatic carbocycles. The molecular formula is C23H20BrFN4O. The first kappa shape index (κ1) is 19.4. The van der Waals surface area contributed by atoms with E-state index in [1.165, 1.54) is 12.1 Å². The van der Waals surface area contributed by atoms with Gasteiger partial charge >= 0.3 is 0 Å². The zero-order valence-corrected chi connectivity index (χ0v) is 17.8.